The Bertz CT molecular complexity index is 997. The molecule has 0 atom stereocenters. The molecule has 5 heteroatoms. The maximum atomic E-state index is 4.45. The fourth-order valence-electron chi connectivity index (χ4n) is 2.81. The predicted octanol–water partition coefficient (Wildman–Crippen LogP) is 4.93. The Labute approximate surface area is 157 Å². The van der Waals surface area contributed by atoms with Crippen LogP contribution in [0.5, 0.6) is 0 Å². The van der Waals surface area contributed by atoms with Crippen LogP contribution in [0.1, 0.15) is 11.1 Å². The molecule has 128 valence electrons. The Morgan fingerprint density at radius 2 is 1.81 bits per heavy atom. The number of para-hydroxylation sites is 1. The number of hydrogen-bond acceptors (Lipinski definition) is 4. The fraction of sp³-hybridized carbons (Fsp3) is 0.0952. The van der Waals surface area contributed by atoms with Crippen LogP contribution in [-0.2, 0) is 5.75 Å². The Kier molecular flexibility index (Phi) is 4.80. The number of benzene rings is 2. The molecule has 0 fully saturated rings. The van der Waals surface area contributed by atoms with Crippen molar-refractivity contribution in [3.8, 4) is 17.1 Å². The first-order valence-electron chi connectivity index (χ1n) is 8.41. The van der Waals surface area contributed by atoms with Gasteiger partial charge < -0.3 is 0 Å². The molecule has 0 spiro atoms. The first-order chi connectivity index (χ1) is 12.8. The average Bonchev–Trinajstić information content (AvgIpc) is 3.12. The third kappa shape index (κ3) is 3.53. The van der Waals surface area contributed by atoms with E-state index in [2.05, 4.69) is 63.1 Å². The summed E-state index contributed by atoms with van der Waals surface area (Å²) >= 11 is 1.69. The summed E-state index contributed by atoms with van der Waals surface area (Å²) in [4.78, 5) is 4.22. The molecule has 0 bridgehead atoms. The zero-order valence-corrected chi connectivity index (χ0v) is 15.2. The van der Waals surface area contributed by atoms with E-state index in [1.807, 2.05) is 36.5 Å². The van der Waals surface area contributed by atoms with E-state index in [9.17, 15) is 0 Å². The molecule has 0 radical (unpaired) electrons. The highest BCUT2D eigenvalue weighted by molar-refractivity contribution is 7.98. The SMILES string of the molecule is Cc1cccc(CSc2nnc(-c3cccnc3)n2-c2ccccc2)c1. The number of thioether (sulfide) groups is 1. The lowest BCUT2D eigenvalue weighted by Gasteiger charge is -2.10. The molecule has 0 aliphatic rings. The average molecular weight is 358 g/mol. The highest BCUT2D eigenvalue weighted by Crippen LogP contribution is 2.29. The van der Waals surface area contributed by atoms with Crippen LogP contribution in [0.2, 0.25) is 0 Å². The molecule has 2 aromatic carbocycles. The Morgan fingerprint density at radius 3 is 2.58 bits per heavy atom. The second-order valence-corrected chi connectivity index (χ2v) is 6.94. The van der Waals surface area contributed by atoms with Gasteiger partial charge in [-0.15, -0.1) is 10.2 Å². The van der Waals surface area contributed by atoms with Crippen molar-refractivity contribution in [2.45, 2.75) is 17.8 Å². The van der Waals surface area contributed by atoms with Crippen LogP contribution in [0.25, 0.3) is 17.1 Å². The van der Waals surface area contributed by atoms with Crippen LogP contribution in [0.15, 0.2) is 84.3 Å². The first kappa shape index (κ1) is 16.5. The van der Waals surface area contributed by atoms with Gasteiger partial charge in [0.25, 0.3) is 0 Å². The predicted molar refractivity (Wildman–Crippen MR) is 105 cm³/mol. The molecule has 0 amide bonds. The van der Waals surface area contributed by atoms with Crippen molar-refractivity contribution in [1.82, 2.24) is 19.7 Å². The van der Waals surface area contributed by atoms with Crippen molar-refractivity contribution in [2.24, 2.45) is 0 Å². The third-order valence-corrected chi connectivity index (χ3v) is 5.02. The Balaban J connectivity index is 1.72. The molecule has 0 aliphatic heterocycles. The molecule has 4 nitrogen and oxygen atoms in total. The largest absolute Gasteiger partial charge is 0.270 e. The molecule has 4 aromatic rings. The molecule has 0 saturated heterocycles. The monoisotopic (exact) mass is 358 g/mol. The smallest absolute Gasteiger partial charge is 0.196 e. The number of rotatable bonds is 5. The van der Waals surface area contributed by atoms with E-state index >= 15 is 0 Å². The number of aryl methyl sites for hydroxylation is 1. The van der Waals surface area contributed by atoms with Gasteiger partial charge in [0.1, 0.15) is 0 Å². The van der Waals surface area contributed by atoms with Crippen LogP contribution in [-0.4, -0.2) is 19.7 Å². The van der Waals surface area contributed by atoms with E-state index in [4.69, 9.17) is 0 Å². The number of hydrogen-bond donors (Lipinski definition) is 0. The van der Waals surface area contributed by atoms with Gasteiger partial charge in [0.2, 0.25) is 0 Å². The van der Waals surface area contributed by atoms with Crippen molar-refractivity contribution < 1.29 is 0 Å². The van der Waals surface area contributed by atoms with Gasteiger partial charge in [-0.25, -0.2) is 0 Å². The molecule has 4 rings (SSSR count). The molecule has 0 N–H and O–H groups in total. The topological polar surface area (TPSA) is 43.6 Å². The van der Waals surface area contributed by atoms with E-state index in [1.165, 1.54) is 11.1 Å². The molecule has 2 heterocycles. The summed E-state index contributed by atoms with van der Waals surface area (Å²) in [7, 11) is 0. The summed E-state index contributed by atoms with van der Waals surface area (Å²) in [6.07, 6.45) is 3.58. The van der Waals surface area contributed by atoms with Crippen LogP contribution in [0, 0.1) is 6.92 Å². The Morgan fingerprint density at radius 1 is 0.923 bits per heavy atom. The summed E-state index contributed by atoms with van der Waals surface area (Å²) in [5.74, 6) is 1.65. The zero-order valence-electron chi connectivity index (χ0n) is 14.4. The van der Waals surface area contributed by atoms with Crippen molar-refractivity contribution in [2.75, 3.05) is 0 Å². The lowest BCUT2D eigenvalue weighted by atomic mass is 10.2. The molecule has 2 aromatic heterocycles. The van der Waals surface area contributed by atoms with E-state index in [0.717, 1.165) is 28.0 Å². The molecule has 0 saturated carbocycles. The molecular formula is C21H18N4S. The van der Waals surface area contributed by atoms with E-state index < -0.39 is 0 Å². The van der Waals surface area contributed by atoms with Crippen molar-refractivity contribution >= 4 is 11.8 Å². The molecule has 26 heavy (non-hydrogen) atoms. The standard InChI is InChI=1S/C21H18N4S/c1-16-7-5-8-17(13-16)15-26-21-24-23-20(18-9-6-12-22-14-18)25(21)19-10-3-2-4-11-19/h2-14H,15H2,1H3. The van der Waals surface area contributed by atoms with Crippen LogP contribution < -0.4 is 0 Å². The summed E-state index contributed by atoms with van der Waals surface area (Å²) < 4.78 is 2.09. The van der Waals surface area contributed by atoms with Gasteiger partial charge in [-0.2, -0.15) is 0 Å². The van der Waals surface area contributed by atoms with Gasteiger partial charge in [-0.05, 0) is 36.8 Å². The van der Waals surface area contributed by atoms with Gasteiger partial charge >= 0.3 is 0 Å². The maximum absolute atomic E-state index is 4.45. The summed E-state index contributed by atoms with van der Waals surface area (Å²) in [5, 5.41) is 9.77. The summed E-state index contributed by atoms with van der Waals surface area (Å²) in [6, 6.07) is 22.7. The lowest BCUT2D eigenvalue weighted by Crippen LogP contribution is -1.99. The normalized spacial score (nSPS) is 10.8. The minimum atomic E-state index is 0.802. The Hall–Kier alpha value is -2.92. The van der Waals surface area contributed by atoms with Crippen molar-refractivity contribution in [3.63, 3.8) is 0 Å². The van der Waals surface area contributed by atoms with E-state index in [-0.39, 0.29) is 0 Å². The van der Waals surface area contributed by atoms with Gasteiger partial charge in [-0.1, -0.05) is 59.8 Å². The molecule has 0 aliphatic carbocycles. The third-order valence-electron chi connectivity index (χ3n) is 4.02. The maximum Gasteiger partial charge on any atom is 0.196 e. The molecular weight excluding hydrogens is 340 g/mol. The molecule has 0 unspecified atom stereocenters. The lowest BCUT2D eigenvalue weighted by molar-refractivity contribution is 0.886. The summed E-state index contributed by atoms with van der Waals surface area (Å²) in [5.41, 5.74) is 4.54. The van der Waals surface area contributed by atoms with E-state index in [1.54, 1.807) is 18.0 Å². The second-order valence-electron chi connectivity index (χ2n) is 6.00. The first-order valence-corrected chi connectivity index (χ1v) is 9.39. The summed E-state index contributed by atoms with van der Waals surface area (Å²) in [6.45, 7) is 2.11. The fourth-order valence-corrected chi connectivity index (χ4v) is 3.70. The van der Waals surface area contributed by atoms with Gasteiger partial charge in [-0.3, -0.25) is 9.55 Å². The van der Waals surface area contributed by atoms with Crippen LogP contribution in [0.3, 0.4) is 0 Å². The second kappa shape index (κ2) is 7.54. The van der Waals surface area contributed by atoms with Crippen LogP contribution in [0.4, 0.5) is 0 Å². The number of pyridine rings is 1. The quantitative estimate of drug-likeness (QED) is 0.475. The van der Waals surface area contributed by atoms with Crippen molar-refractivity contribution in [3.05, 3.63) is 90.3 Å². The van der Waals surface area contributed by atoms with Gasteiger partial charge in [0.15, 0.2) is 11.0 Å². The van der Waals surface area contributed by atoms with E-state index in [0.29, 0.717) is 0 Å². The highest BCUT2D eigenvalue weighted by atomic mass is 32.2. The minimum Gasteiger partial charge on any atom is -0.270 e. The highest BCUT2D eigenvalue weighted by Gasteiger charge is 2.16. The number of nitrogens with zero attached hydrogens (tertiary/aromatic N) is 4. The van der Waals surface area contributed by atoms with Crippen LogP contribution >= 0.6 is 11.8 Å². The van der Waals surface area contributed by atoms with Gasteiger partial charge in [0, 0.05) is 29.4 Å². The zero-order chi connectivity index (χ0) is 17.8. The van der Waals surface area contributed by atoms with Crippen molar-refractivity contribution in [1.29, 1.82) is 0 Å². The minimum absolute atomic E-state index is 0.802. The van der Waals surface area contributed by atoms with Gasteiger partial charge in [0.05, 0.1) is 0 Å². The number of aromatic nitrogens is 4.